The Morgan fingerprint density at radius 1 is 1.18 bits per heavy atom. The van der Waals surface area contributed by atoms with E-state index in [1.165, 1.54) is 0 Å². The van der Waals surface area contributed by atoms with Gasteiger partial charge in [0.1, 0.15) is 5.76 Å². The highest BCUT2D eigenvalue weighted by molar-refractivity contribution is 6.36. The molecule has 1 aliphatic heterocycles. The summed E-state index contributed by atoms with van der Waals surface area (Å²) >= 11 is 12.1. The predicted molar refractivity (Wildman–Crippen MR) is 88.5 cm³/mol. The van der Waals surface area contributed by atoms with Crippen molar-refractivity contribution < 1.29 is 9.21 Å². The quantitative estimate of drug-likeness (QED) is 0.761. The summed E-state index contributed by atoms with van der Waals surface area (Å²) in [5.74, 6) is 1.57. The largest absolute Gasteiger partial charge is 0.451 e. The van der Waals surface area contributed by atoms with Crippen LogP contribution < -0.4 is 0 Å². The minimum Gasteiger partial charge on any atom is -0.451 e. The third-order valence-corrected chi connectivity index (χ3v) is 4.63. The molecule has 1 fully saturated rings. The van der Waals surface area contributed by atoms with Crippen LogP contribution in [0.3, 0.4) is 0 Å². The molecule has 0 unspecified atom stereocenters. The number of hydrogen-bond donors (Lipinski definition) is 0. The molecule has 1 amide bonds. The molecule has 1 aliphatic rings. The summed E-state index contributed by atoms with van der Waals surface area (Å²) in [4.78, 5) is 14.3. The van der Waals surface area contributed by atoms with Crippen molar-refractivity contribution in [2.75, 3.05) is 13.1 Å². The molecule has 0 aliphatic carbocycles. The Bertz CT molecular complexity index is 688. The lowest BCUT2D eigenvalue weighted by atomic mass is 9.99. The molecule has 0 radical (unpaired) electrons. The van der Waals surface area contributed by atoms with Gasteiger partial charge in [0.05, 0.1) is 5.02 Å². The monoisotopic (exact) mass is 337 g/mol. The van der Waals surface area contributed by atoms with Gasteiger partial charge < -0.3 is 9.32 Å². The van der Waals surface area contributed by atoms with Crippen molar-refractivity contribution in [2.45, 2.75) is 19.8 Å². The van der Waals surface area contributed by atoms with Gasteiger partial charge in [0.2, 0.25) is 0 Å². The van der Waals surface area contributed by atoms with Crippen LogP contribution in [0.15, 0.2) is 34.7 Å². The molecule has 2 aromatic rings. The summed E-state index contributed by atoms with van der Waals surface area (Å²) in [6, 6.07) is 8.68. The van der Waals surface area contributed by atoms with E-state index < -0.39 is 0 Å². The number of furan rings is 1. The van der Waals surface area contributed by atoms with Crippen LogP contribution in [-0.4, -0.2) is 23.9 Å². The van der Waals surface area contributed by atoms with Gasteiger partial charge in [-0.25, -0.2) is 0 Å². The van der Waals surface area contributed by atoms with Gasteiger partial charge >= 0.3 is 0 Å². The summed E-state index contributed by atoms with van der Waals surface area (Å²) < 4.78 is 5.71. The molecule has 22 heavy (non-hydrogen) atoms. The second kappa shape index (κ2) is 6.35. The first-order chi connectivity index (χ1) is 10.5. The van der Waals surface area contributed by atoms with Crippen LogP contribution in [-0.2, 0) is 0 Å². The van der Waals surface area contributed by atoms with Crippen molar-refractivity contribution in [3.05, 3.63) is 46.1 Å². The normalized spacial score (nSPS) is 16.0. The third-order valence-electron chi connectivity index (χ3n) is 4.08. The number of carbonyl (C=O) groups excluding carboxylic acids is 1. The predicted octanol–water partition coefficient (Wildman–Crippen LogP) is 5.13. The molecule has 1 aromatic carbocycles. The first-order valence-corrected chi connectivity index (χ1v) is 8.14. The molecule has 0 saturated carbocycles. The first-order valence-electron chi connectivity index (χ1n) is 7.39. The van der Waals surface area contributed by atoms with E-state index in [1.807, 2.05) is 4.90 Å². The van der Waals surface area contributed by atoms with Crippen LogP contribution in [0.5, 0.6) is 0 Å². The van der Waals surface area contributed by atoms with Crippen molar-refractivity contribution in [1.82, 2.24) is 4.90 Å². The number of benzene rings is 1. The zero-order chi connectivity index (χ0) is 15.7. The number of nitrogens with zero attached hydrogens (tertiary/aromatic N) is 1. The fraction of sp³-hybridized carbons (Fsp3) is 0.353. The first kappa shape index (κ1) is 15.4. The molecular formula is C17H17Cl2NO2. The van der Waals surface area contributed by atoms with Crippen LogP contribution in [0.2, 0.25) is 10.0 Å². The average Bonchev–Trinajstić information content (AvgIpc) is 2.97. The van der Waals surface area contributed by atoms with Gasteiger partial charge in [0, 0.05) is 23.7 Å². The Balaban J connectivity index is 1.80. The molecule has 0 atom stereocenters. The fourth-order valence-electron chi connectivity index (χ4n) is 2.65. The number of piperidine rings is 1. The molecule has 1 saturated heterocycles. The van der Waals surface area contributed by atoms with Crippen molar-refractivity contribution >= 4 is 29.1 Å². The van der Waals surface area contributed by atoms with Crippen LogP contribution in [0, 0.1) is 5.92 Å². The molecule has 116 valence electrons. The Labute approximate surface area is 139 Å². The van der Waals surface area contributed by atoms with E-state index in [0.717, 1.165) is 31.5 Å². The Hall–Kier alpha value is -1.45. The Kier molecular flexibility index (Phi) is 4.46. The van der Waals surface area contributed by atoms with E-state index in [0.29, 0.717) is 27.5 Å². The molecule has 1 aromatic heterocycles. The lowest BCUT2D eigenvalue weighted by Gasteiger charge is -2.29. The molecule has 5 heteroatoms. The van der Waals surface area contributed by atoms with E-state index in [2.05, 4.69) is 6.92 Å². The lowest BCUT2D eigenvalue weighted by molar-refractivity contribution is 0.0666. The second-order valence-corrected chi connectivity index (χ2v) is 6.61. The average molecular weight is 338 g/mol. The van der Waals surface area contributed by atoms with Crippen LogP contribution in [0.25, 0.3) is 11.3 Å². The summed E-state index contributed by atoms with van der Waals surface area (Å²) in [5, 5.41) is 1.08. The van der Waals surface area contributed by atoms with Crippen molar-refractivity contribution in [3.8, 4) is 11.3 Å². The van der Waals surface area contributed by atoms with E-state index in [9.17, 15) is 4.79 Å². The minimum atomic E-state index is -0.0526. The maximum Gasteiger partial charge on any atom is 0.289 e. The maximum absolute atomic E-state index is 12.5. The highest BCUT2D eigenvalue weighted by atomic mass is 35.5. The standard InChI is InChI=1S/C17H17Cl2NO2/c1-11-6-8-20(9-7-11)17(21)16-5-4-15(22-16)13-3-2-12(18)10-14(13)19/h2-5,10-11H,6-9H2,1H3. The number of amides is 1. The number of likely N-dealkylation sites (tertiary alicyclic amines) is 1. The molecule has 0 N–H and O–H groups in total. The highest BCUT2D eigenvalue weighted by Gasteiger charge is 2.24. The van der Waals surface area contributed by atoms with E-state index in [1.54, 1.807) is 30.3 Å². The van der Waals surface area contributed by atoms with Crippen LogP contribution >= 0.6 is 23.2 Å². The number of halogens is 2. The second-order valence-electron chi connectivity index (χ2n) is 5.76. The Morgan fingerprint density at radius 2 is 1.91 bits per heavy atom. The van der Waals surface area contributed by atoms with Gasteiger partial charge in [0.15, 0.2) is 5.76 Å². The zero-order valence-corrected chi connectivity index (χ0v) is 13.8. The summed E-state index contributed by atoms with van der Waals surface area (Å²) in [7, 11) is 0. The number of rotatable bonds is 2. The summed E-state index contributed by atoms with van der Waals surface area (Å²) in [5.41, 5.74) is 0.734. The van der Waals surface area contributed by atoms with Gasteiger partial charge in [-0.05, 0) is 49.1 Å². The van der Waals surface area contributed by atoms with E-state index in [4.69, 9.17) is 27.6 Å². The minimum absolute atomic E-state index is 0.0526. The summed E-state index contributed by atoms with van der Waals surface area (Å²) in [6.45, 7) is 3.80. The zero-order valence-electron chi connectivity index (χ0n) is 12.3. The summed E-state index contributed by atoms with van der Waals surface area (Å²) in [6.07, 6.45) is 2.09. The highest BCUT2D eigenvalue weighted by Crippen LogP contribution is 2.32. The van der Waals surface area contributed by atoms with Gasteiger partial charge in [-0.1, -0.05) is 30.1 Å². The fourth-order valence-corrected chi connectivity index (χ4v) is 3.16. The van der Waals surface area contributed by atoms with Gasteiger partial charge in [-0.3, -0.25) is 4.79 Å². The van der Waals surface area contributed by atoms with Crippen LogP contribution in [0.4, 0.5) is 0 Å². The number of carbonyl (C=O) groups is 1. The van der Waals surface area contributed by atoms with Crippen molar-refractivity contribution in [3.63, 3.8) is 0 Å². The van der Waals surface area contributed by atoms with E-state index >= 15 is 0 Å². The number of hydrogen-bond acceptors (Lipinski definition) is 2. The van der Waals surface area contributed by atoms with E-state index in [-0.39, 0.29) is 5.91 Å². The van der Waals surface area contributed by atoms with Gasteiger partial charge in [-0.2, -0.15) is 0 Å². The lowest BCUT2D eigenvalue weighted by Crippen LogP contribution is -2.37. The molecule has 3 rings (SSSR count). The van der Waals surface area contributed by atoms with Crippen molar-refractivity contribution in [1.29, 1.82) is 0 Å². The molecule has 0 bridgehead atoms. The Morgan fingerprint density at radius 3 is 2.59 bits per heavy atom. The smallest absolute Gasteiger partial charge is 0.289 e. The van der Waals surface area contributed by atoms with Crippen LogP contribution in [0.1, 0.15) is 30.3 Å². The van der Waals surface area contributed by atoms with Gasteiger partial charge in [0.25, 0.3) is 5.91 Å². The molecular weight excluding hydrogens is 321 g/mol. The molecule has 3 nitrogen and oxygen atoms in total. The maximum atomic E-state index is 12.5. The SMILES string of the molecule is CC1CCN(C(=O)c2ccc(-c3ccc(Cl)cc3Cl)o2)CC1. The topological polar surface area (TPSA) is 33.5 Å². The van der Waals surface area contributed by atoms with Gasteiger partial charge in [-0.15, -0.1) is 0 Å². The molecule has 0 spiro atoms. The third kappa shape index (κ3) is 3.16. The molecule has 2 heterocycles. The van der Waals surface area contributed by atoms with Crippen molar-refractivity contribution in [2.24, 2.45) is 5.92 Å².